The third-order valence-corrected chi connectivity index (χ3v) is 5.31. The molecular formula is C22H21ClN4O3. The number of aromatic nitrogens is 2. The van der Waals surface area contributed by atoms with Gasteiger partial charge < -0.3 is 4.74 Å². The maximum Gasteiger partial charge on any atom is 0.290 e. The van der Waals surface area contributed by atoms with E-state index in [1.165, 1.54) is 0 Å². The third kappa shape index (κ3) is 4.80. The Kier molecular flexibility index (Phi) is 5.72. The summed E-state index contributed by atoms with van der Waals surface area (Å²) in [6.07, 6.45) is 2.22. The second kappa shape index (κ2) is 8.59. The number of amides is 2. The molecule has 2 amide bonds. The van der Waals surface area contributed by atoms with Crippen LogP contribution in [0.4, 0.5) is 0 Å². The minimum Gasteiger partial charge on any atom is -0.489 e. The number of hydrazine groups is 1. The molecule has 0 aliphatic heterocycles. The fraction of sp³-hybridized carbons (Fsp3) is 0.227. The Bertz CT molecular complexity index is 1070. The number of carbonyl (C=O) groups excluding carboxylic acids is 2. The normalized spacial score (nSPS) is 13.0. The van der Waals surface area contributed by atoms with Crippen LogP contribution in [0.15, 0.2) is 48.5 Å². The highest BCUT2D eigenvalue weighted by Gasteiger charge is 2.26. The molecule has 8 heteroatoms. The topological polar surface area (TPSA) is 96.1 Å². The lowest BCUT2D eigenvalue weighted by Crippen LogP contribution is -2.41. The minimum absolute atomic E-state index is 0.252. The number of H-pyrrole nitrogens is 1. The predicted molar refractivity (Wildman–Crippen MR) is 112 cm³/mol. The molecule has 0 atom stereocenters. The van der Waals surface area contributed by atoms with Crippen molar-refractivity contribution in [3.05, 3.63) is 81.6 Å². The summed E-state index contributed by atoms with van der Waals surface area (Å²) in [5.74, 6) is 0.321. The maximum atomic E-state index is 12.3. The van der Waals surface area contributed by atoms with E-state index in [2.05, 4.69) is 21.0 Å². The van der Waals surface area contributed by atoms with Crippen LogP contribution in [0.1, 0.15) is 56.4 Å². The highest BCUT2D eigenvalue weighted by atomic mass is 35.5. The molecule has 0 unspecified atom stereocenters. The zero-order chi connectivity index (χ0) is 21.1. The van der Waals surface area contributed by atoms with Gasteiger partial charge in [-0.3, -0.25) is 25.5 Å². The quantitative estimate of drug-likeness (QED) is 0.523. The van der Waals surface area contributed by atoms with E-state index in [0.29, 0.717) is 23.1 Å². The number of nitrogens with one attached hydrogen (secondary N) is 3. The number of carbonyl (C=O) groups is 2. The van der Waals surface area contributed by atoms with Crippen molar-refractivity contribution >= 4 is 23.4 Å². The van der Waals surface area contributed by atoms with Gasteiger partial charge in [-0.15, -0.1) is 0 Å². The Labute approximate surface area is 178 Å². The van der Waals surface area contributed by atoms with Crippen LogP contribution in [0.5, 0.6) is 5.75 Å². The van der Waals surface area contributed by atoms with E-state index in [4.69, 9.17) is 16.3 Å². The number of benzene rings is 2. The Morgan fingerprint density at radius 3 is 2.53 bits per heavy atom. The molecule has 0 saturated heterocycles. The molecule has 3 N–H and O–H groups in total. The number of aryl methyl sites for hydroxylation is 1. The van der Waals surface area contributed by atoms with Crippen LogP contribution in [0.25, 0.3) is 0 Å². The molecule has 4 rings (SSSR count). The van der Waals surface area contributed by atoms with Crippen LogP contribution in [-0.2, 0) is 6.61 Å². The van der Waals surface area contributed by atoms with E-state index in [1.807, 2.05) is 19.1 Å². The predicted octanol–water partition coefficient (Wildman–Crippen LogP) is 3.90. The third-order valence-electron chi connectivity index (χ3n) is 4.89. The summed E-state index contributed by atoms with van der Waals surface area (Å²) in [4.78, 5) is 24.4. The van der Waals surface area contributed by atoms with Gasteiger partial charge in [0.2, 0.25) is 0 Å². The number of hydrogen-bond acceptors (Lipinski definition) is 4. The van der Waals surface area contributed by atoms with Crippen molar-refractivity contribution in [2.45, 2.75) is 32.3 Å². The molecule has 1 aromatic heterocycles. The molecule has 30 heavy (non-hydrogen) atoms. The standard InChI is InChI=1S/C22H21ClN4O3/c1-13-10-17(8-9-18(13)23)30-12-14-2-4-16(5-3-14)21(28)26-27-22(29)20-11-19(24-25-20)15-6-7-15/h2-5,8-11,15H,6-7,12H2,1H3,(H,24,25)(H,26,28)(H,27,29). The van der Waals surface area contributed by atoms with E-state index in [9.17, 15) is 9.59 Å². The summed E-state index contributed by atoms with van der Waals surface area (Å²) in [7, 11) is 0. The number of halogens is 1. The van der Waals surface area contributed by atoms with Gasteiger partial charge in [-0.1, -0.05) is 23.7 Å². The molecule has 7 nitrogen and oxygen atoms in total. The van der Waals surface area contributed by atoms with Gasteiger partial charge in [-0.2, -0.15) is 5.10 Å². The van der Waals surface area contributed by atoms with Crippen molar-refractivity contribution in [1.82, 2.24) is 21.0 Å². The smallest absolute Gasteiger partial charge is 0.290 e. The van der Waals surface area contributed by atoms with Gasteiger partial charge in [-0.05, 0) is 67.3 Å². The summed E-state index contributed by atoms with van der Waals surface area (Å²) in [5.41, 5.74) is 8.27. The van der Waals surface area contributed by atoms with Gasteiger partial charge in [0, 0.05) is 22.2 Å². The van der Waals surface area contributed by atoms with Crippen LogP contribution < -0.4 is 15.6 Å². The molecule has 1 aliphatic carbocycles. The first-order chi connectivity index (χ1) is 14.5. The number of hydrogen-bond donors (Lipinski definition) is 3. The van der Waals surface area contributed by atoms with Crippen LogP contribution >= 0.6 is 11.6 Å². The lowest BCUT2D eigenvalue weighted by atomic mass is 10.1. The van der Waals surface area contributed by atoms with Crippen molar-refractivity contribution in [1.29, 1.82) is 0 Å². The first-order valence-corrected chi connectivity index (χ1v) is 10.0. The zero-order valence-electron chi connectivity index (χ0n) is 16.4. The van der Waals surface area contributed by atoms with Gasteiger partial charge >= 0.3 is 0 Å². The summed E-state index contributed by atoms with van der Waals surface area (Å²) in [6.45, 7) is 2.28. The lowest BCUT2D eigenvalue weighted by Gasteiger charge is -2.09. The van der Waals surface area contributed by atoms with Gasteiger partial charge in [0.1, 0.15) is 12.4 Å². The van der Waals surface area contributed by atoms with E-state index in [1.54, 1.807) is 36.4 Å². The average Bonchev–Trinajstić information content (AvgIpc) is 3.49. The van der Waals surface area contributed by atoms with Gasteiger partial charge in [-0.25, -0.2) is 0 Å². The molecule has 0 radical (unpaired) electrons. The van der Waals surface area contributed by atoms with Gasteiger partial charge in [0.25, 0.3) is 11.8 Å². The molecule has 3 aromatic rings. The lowest BCUT2D eigenvalue weighted by molar-refractivity contribution is 0.0844. The van der Waals surface area contributed by atoms with Gasteiger partial charge in [0.15, 0.2) is 5.69 Å². The summed E-state index contributed by atoms with van der Waals surface area (Å²) < 4.78 is 5.75. The van der Waals surface area contributed by atoms with Crippen LogP contribution in [0.2, 0.25) is 5.02 Å². The fourth-order valence-electron chi connectivity index (χ4n) is 2.93. The van der Waals surface area contributed by atoms with Crippen molar-refractivity contribution < 1.29 is 14.3 Å². The molecule has 0 spiro atoms. The Balaban J connectivity index is 1.27. The largest absolute Gasteiger partial charge is 0.489 e. The SMILES string of the molecule is Cc1cc(OCc2ccc(C(=O)NNC(=O)c3cc(C4CC4)[nH]n3)cc2)ccc1Cl. The highest BCUT2D eigenvalue weighted by Crippen LogP contribution is 2.38. The monoisotopic (exact) mass is 424 g/mol. The van der Waals surface area contributed by atoms with Crippen molar-refractivity contribution in [3.63, 3.8) is 0 Å². The molecular weight excluding hydrogens is 404 g/mol. The molecule has 2 aromatic carbocycles. The first-order valence-electron chi connectivity index (χ1n) is 9.63. The van der Waals surface area contributed by atoms with Crippen LogP contribution in [0.3, 0.4) is 0 Å². The first kappa shape index (κ1) is 20.0. The Morgan fingerprint density at radius 2 is 1.83 bits per heavy atom. The zero-order valence-corrected chi connectivity index (χ0v) is 17.1. The second-order valence-electron chi connectivity index (χ2n) is 7.29. The number of nitrogens with zero attached hydrogens (tertiary/aromatic N) is 1. The van der Waals surface area contributed by atoms with Crippen LogP contribution in [-0.4, -0.2) is 22.0 Å². The molecule has 0 bridgehead atoms. The number of ether oxygens (including phenoxy) is 1. The van der Waals surface area contributed by atoms with Crippen molar-refractivity contribution in [3.8, 4) is 5.75 Å². The van der Waals surface area contributed by atoms with E-state index < -0.39 is 11.8 Å². The molecule has 1 heterocycles. The number of rotatable bonds is 6. The molecule has 1 fully saturated rings. The highest BCUT2D eigenvalue weighted by molar-refractivity contribution is 6.31. The molecule has 1 aliphatic rings. The van der Waals surface area contributed by atoms with Gasteiger partial charge in [0.05, 0.1) is 0 Å². The Morgan fingerprint density at radius 1 is 1.10 bits per heavy atom. The maximum absolute atomic E-state index is 12.3. The van der Waals surface area contributed by atoms with E-state index >= 15 is 0 Å². The van der Waals surface area contributed by atoms with Crippen molar-refractivity contribution in [2.75, 3.05) is 0 Å². The van der Waals surface area contributed by atoms with E-state index in [-0.39, 0.29) is 5.69 Å². The average molecular weight is 425 g/mol. The fourth-order valence-corrected chi connectivity index (χ4v) is 3.05. The van der Waals surface area contributed by atoms with Crippen LogP contribution in [0, 0.1) is 6.92 Å². The summed E-state index contributed by atoms with van der Waals surface area (Å²) in [5, 5.41) is 7.54. The van der Waals surface area contributed by atoms with E-state index in [0.717, 1.165) is 35.4 Å². The van der Waals surface area contributed by atoms with Crippen molar-refractivity contribution in [2.24, 2.45) is 0 Å². The Hall–Kier alpha value is -3.32. The second-order valence-corrected chi connectivity index (χ2v) is 7.69. The molecule has 1 saturated carbocycles. The number of aromatic amines is 1. The molecule has 154 valence electrons. The summed E-state index contributed by atoms with van der Waals surface area (Å²) >= 11 is 6.02. The summed E-state index contributed by atoms with van der Waals surface area (Å²) in [6, 6.07) is 14.1. The minimum atomic E-state index is -0.463.